The van der Waals surface area contributed by atoms with E-state index < -0.39 is 52.9 Å². The first-order valence-corrected chi connectivity index (χ1v) is 8.90. The zero-order chi connectivity index (χ0) is 19.6. The number of aromatic nitrogens is 1. The van der Waals surface area contributed by atoms with Gasteiger partial charge in [-0.15, -0.1) is 16.2 Å². The zero-order valence-corrected chi connectivity index (χ0v) is 14.3. The summed E-state index contributed by atoms with van der Waals surface area (Å²) in [4.78, 5) is 49.4. The lowest BCUT2D eigenvalue weighted by Crippen LogP contribution is -2.73. The molecule has 0 radical (unpaired) electrons. The Kier molecular flexibility index (Phi) is 5.38. The summed E-state index contributed by atoms with van der Waals surface area (Å²) in [6, 6.07) is -4.61. The summed E-state index contributed by atoms with van der Waals surface area (Å²) in [7, 11) is -4.97. The topological polar surface area (TPSA) is 224 Å². The number of thiazole rings is 1. The number of amides is 3. The van der Waals surface area contributed by atoms with Crippen LogP contribution in [0.2, 0.25) is 0 Å². The number of nitrogens with one attached hydrogen (secondary N) is 1. The lowest BCUT2D eigenvalue weighted by molar-refractivity contribution is -0.147. The van der Waals surface area contributed by atoms with Crippen LogP contribution in [0.25, 0.3) is 0 Å². The van der Waals surface area contributed by atoms with Crippen LogP contribution in [0.3, 0.4) is 0 Å². The second-order valence-electron chi connectivity index (χ2n) is 4.91. The molecular formula is C10H12N6O8S2. The van der Waals surface area contributed by atoms with Crippen LogP contribution in [0.5, 0.6) is 0 Å². The molecule has 3 atom stereocenters. The van der Waals surface area contributed by atoms with Crippen molar-refractivity contribution in [1.29, 1.82) is 0 Å². The first kappa shape index (κ1) is 19.5. The van der Waals surface area contributed by atoms with Crippen molar-refractivity contribution in [2.24, 2.45) is 10.9 Å². The predicted octanol–water partition coefficient (Wildman–Crippen LogP) is -1.87. The molecule has 0 saturated carbocycles. The summed E-state index contributed by atoms with van der Waals surface area (Å²) in [5.74, 6) is -2.27. The van der Waals surface area contributed by atoms with Gasteiger partial charge < -0.3 is 21.5 Å². The van der Waals surface area contributed by atoms with Crippen molar-refractivity contribution in [3.63, 3.8) is 0 Å². The van der Waals surface area contributed by atoms with E-state index >= 15 is 0 Å². The number of carbonyl (C=O) groups excluding carboxylic acids is 3. The van der Waals surface area contributed by atoms with Gasteiger partial charge in [-0.3, -0.25) is 14.1 Å². The van der Waals surface area contributed by atoms with Crippen LogP contribution in [-0.2, 0) is 24.6 Å². The Labute approximate surface area is 149 Å². The minimum atomic E-state index is -4.97. The molecule has 0 aliphatic carbocycles. The summed E-state index contributed by atoms with van der Waals surface area (Å²) in [6.07, 6.45) is -1.27. The van der Waals surface area contributed by atoms with E-state index in [0.29, 0.717) is 0 Å². The van der Waals surface area contributed by atoms with Crippen molar-refractivity contribution < 1.29 is 32.1 Å². The Morgan fingerprint density at radius 1 is 1.54 bits per heavy atom. The van der Waals surface area contributed by atoms with Gasteiger partial charge in [-0.25, -0.2) is 14.1 Å². The molecule has 3 amide bonds. The second-order valence-corrected chi connectivity index (χ2v) is 7.09. The third-order valence-corrected chi connectivity index (χ3v) is 4.93. The fourth-order valence-corrected chi connectivity index (χ4v) is 3.63. The minimum absolute atomic E-state index is 0.00502. The minimum Gasteiger partial charge on any atom is -0.447 e. The predicted molar refractivity (Wildman–Crippen MR) is 84.7 cm³/mol. The van der Waals surface area contributed by atoms with Crippen molar-refractivity contribution in [2.45, 2.75) is 18.1 Å². The number of β-lactam (4-membered cyclic amide) rings is 1. The summed E-state index contributed by atoms with van der Waals surface area (Å²) >= 11 is 0.949. The number of nitrogens with two attached hydrogens (primary N) is 2. The van der Waals surface area contributed by atoms with Crippen molar-refractivity contribution in [1.82, 2.24) is 14.6 Å². The quantitative estimate of drug-likeness (QED) is 0.223. The molecule has 2 heterocycles. The molecule has 1 fully saturated rings. The number of ether oxygens (including phenoxy) is 1. The van der Waals surface area contributed by atoms with Gasteiger partial charge in [0.1, 0.15) is 18.7 Å². The highest BCUT2D eigenvalue weighted by molar-refractivity contribution is 7.84. The van der Waals surface area contributed by atoms with Crippen LogP contribution < -0.4 is 16.8 Å². The van der Waals surface area contributed by atoms with Crippen molar-refractivity contribution in [3.8, 4) is 0 Å². The van der Waals surface area contributed by atoms with Gasteiger partial charge in [0.2, 0.25) is 6.04 Å². The van der Waals surface area contributed by atoms with Crippen molar-refractivity contribution in [3.05, 3.63) is 16.0 Å². The first-order chi connectivity index (χ1) is 12.1. The Hall–Kier alpha value is -2.85. The number of rotatable bonds is 7. The number of carbonyl (C=O) groups is 3. The summed E-state index contributed by atoms with van der Waals surface area (Å²) < 4.78 is 35.9. The Balaban J connectivity index is 2.17. The van der Waals surface area contributed by atoms with Gasteiger partial charge in [0.15, 0.2) is 5.13 Å². The molecule has 1 saturated heterocycles. The SMILES string of the molecule is NC(=O)OC[C@@H]1[C@H](NC(=O)C(N=O)c2csc(N)n2)C(=O)N1S(=O)(=O)O. The summed E-state index contributed by atoms with van der Waals surface area (Å²) in [5, 5.41) is 6.08. The van der Waals surface area contributed by atoms with Crippen LogP contribution >= 0.6 is 11.3 Å². The van der Waals surface area contributed by atoms with Crippen LogP contribution in [-0.4, -0.2) is 58.9 Å². The maximum absolute atomic E-state index is 12.2. The van der Waals surface area contributed by atoms with Gasteiger partial charge in [0, 0.05) is 5.38 Å². The van der Waals surface area contributed by atoms with E-state index in [1.165, 1.54) is 5.38 Å². The smallest absolute Gasteiger partial charge is 0.404 e. The van der Waals surface area contributed by atoms with Crippen molar-refractivity contribution in [2.75, 3.05) is 12.3 Å². The summed E-state index contributed by atoms with van der Waals surface area (Å²) in [6.45, 7) is -0.728. The zero-order valence-electron chi connectivity index (χ0n) is 12.6. The number of hydrogen-bond donors (Lipinski definition) is 4. The molecule has 0 spiro atoms. The average molecular weight is 408 g/mol. The van der Waals surface area contributed by atoms with E-state index in [2.05, 4.69) is 20.2 Å². The van der Waals surface area contributed by atoms with E-state index in [1.54, 1.807) is 0 Å². The van der Waals surface area contributed by atoms with Crippen molar-refractivity contribution >= 4 is 44.7 Å². The normalized spacial score (nSPS) is 20.8. The molecule has 16 heteroatoms. The molecular weight excluding hydrogens is 396 g/mol. The molecule has 0 aromatic carbocycles. The average Bonchev–Trinajstić information content (AvgIpc) is 2.94. The standard InChI is InChI=1S/C10H12N6O8S2/c11-9-13-3(2-25-9)5(15-20)7(17)14-6-4(1-24-10(12)19)16(8(6)18)26(21,22)23/h2,4-6H,1H2,(H2,11,13)(H2,12,19)(H,14,17)(H,21,22,23)/t4-,5?,6+/m1/s1. The van der Waals surface area contributed by atoms with Gasteiger partial charge in [0.25, 0.3) is 11.8 Å². The number of nitrogens with zero attached hydrogens (tertiary/aromatic N) is 3. The molecule has 1 unspecified atom stereocenters. The molecule has 1 aliphatic rings. The molecule has 1 aliphatic heterocycles. The highest BCUT2D eigenvalue weighted by Gasteiger charge is 2.55. The van der Waals surface area contributed by atoms with Gasteiger partial charge in [0.05, 0.1) is 5.69 Å². The van der Waals surface area contributed by atoms with Crippen LogP contribution in [0, 0.1) is 4.91 Å². The highest BCUT2D eigenvalue weighted by atomic mass is 32.2. The molecule has 14 nitrogen and oxygen atoms in total. The van der Waals surface area contributed by atoms with Crippen LogP contribution in [0.15, 0.2) is 10.6 Å². The maximum atomic E-state index is 12.2. The summed E-state index contributed by atoms with van der Waals surface area (Å²) in [5.41, 5.74) is 10.1. The van der Waals surface area contributed by atoms with Crippen LogP contribution in [0.1, 0.15) is 11.7 Å². The van der Waals surface area contributed by atoms with Gasteiger partial charge in [-0.05, 0) is 5.18 Å². The Bertz CT molecular complexity index is 853. The number of nitrogen functional groups attached to an aromatic ring is 1. The van der Waals surface area contributed by atoms with E-state index in [9.17, 15) is 27.7 Å². The third-order valence-electron chi connectivity index (χ3n) is 3.29. The van der Waals surface area contributed by atoms with E-state index in [-0.39, 0.29) is 15.1 Å². The van der Waals surface area contributed by atoms with E-state index in [0.717, 1.165) is 11.3 Å². The third kappa shape index (κ3) is 3.86. The number of hydrogen-bond acceptors (Lipinski definition) is 11. The number of primary amides is 1. The molecule has 1 aromatic heterocycles. The van der Waals surface area contributed by atoms with Crippen LogP contribution in [0.4, 0.5) is 9.93 Å². The van der Waals surface area contributed by atoms with Gasteiger partial charge >= 0.3 is 16.4 Å². The fraction of sp³-hybridized carbons (Fsp3) is 0.400. The highest BCUT2D eigenvalue weighted by Crippen LogP contribution is 2.26. The van der Waals surface area contributed by atoms with Gasteiger partial charge in [-0.2, -0.15) is 8.42 Å². The Morgan fingerprint density at radius 3 is 2.65 bits per heavy atom. The molecule has 6 N–H and O–H groups in total. The lowest BCUT2D eigenvalue weighted by atomic mass is 9.99. The molecule has 26 heavy (non-hydrogen) atoms. The molecule has 2 rings (SSSR count). The lowest BCUT2D eigenvalue weighted by Gasteiger charge is -2.43. The largest absolute Gasteiger partial charge is 0.447 e. The maximum Gasteiger partial charge on any atom is 0.404 e. The second kappa shape index (κ2) is 7.18. The number of nitroso groups, excluding NO2 is 1. The Morgan fingerprint density at radius 2 is 2.19 bits per heavy atom. The molecule has 1 aromatic rings. The number of anilines is 1. The van der Waals surface area contributed by atoms with E-state index in [1.807, 2.05) is 0 Å². The molecule has 0 bridgehead atoms. The van der Waals surface area contributed by atoms with E-state index in [4.69, 9.17) is 16.0 Å². The monoisotopic (exact) mass is 408 g/mol. The van der Waals surface area contributed by atoms with Gasteiger partial charge in [-0.1, -0.05) is 0 Å². The fourth-order valence-electron chi connectivity index (χ4n) is 2.19. The molecule has 142 valence electrons. The first-order valence-electron chi connectivity index (χ1n) is 6.63.